The van der Waals surface area contributed by atoms with Gasteiger partial charge in [0.2, 0.25) is 0 Å². The molecule has 4 unspecified atom stereocenters. The third-order valence-electron chi connectivity index (χ3n) is 2.01. The summed E-state index contributed by atoms with van der Waals surface area (Å²) in [5.74, 6) is 0. The lowest BCUT2D eigenvalue weighted by Gasteiger charge is -2.40. The van der Waals surface area contributed by atoms with Crippen molar-refractivity contribution in [3.63, 3.8) is 0 Å². The first kappa shape index (κ1) is 9.88. The van der Waals surface area contributed by atoms with Gasteiger partial charge in [0.25, 0.3) is 0 Å². The molecule has 1 rings (SSSR count). The van der Waals surface area contributed by atoms with Crippen LogP contribution in [-0.4, -0.2) is 53.1 Å². The summed E-state index contributed by atoms with van der Waals surface area (Å²) < 4.78 is 9.67. The Hall–Kier alpha value is -0.200. The first-order valence-corrected chi connectivity index (χ1v) is 3.72. The van der Waals surface area contributed by atoms with Crippen LogP contribution in [0.4, 0.5) is 0 Å². The van der Waals surface area contributed by atoms with E-state index in [0.29, 0.717) is 0 Å². The van der Waals surface area contributed by atoms with Gasteiger partial charge < -0.3 is 24.8 Å². The van der Waals surface area contributed by atoms with Crippen molar-refractivity contribution in [3.05, 3.63) is 0 Å². The van der Waals surface area contributed by atoms with E-state index in [1.807, 2.05) is 0 Å². The molecule has 5 heteroatoms. The number of hydrogen-bond acceptors (Lipinski definition) is 5. The fraction of sp³-hybridized carbons (Fsp3) is 1.00. The van der Waals surface area contributed by atoms with E-state index in [0.717, 1.165) is 0 Å². The van der Waals surface area contributed by atoms with Crippen LogP contribution in [0.15, 0.2) is 0 Å². The molecule has 4 atom stereocenters. The average molecular weight is 178 g/mol. The summed E-state index contributed by atoms with van der Waals surface area (Å²) in [6.07, 6.45) is -3.31. The number of methoxy groups -OCH3 is 1. The molecule has 0 bridgehead atoms. The first-order valence-electron chi connectivity index (χ1n) is 3.72. The molecule has 0 aliphatic carbocycles. The van der Waals surface area contributed by atoms with Crippen LogP contribution >= 0.6 is 0 Å². The second-order valence-electron chi connectivity index (χ2n) is 3.21. The SMILES string of the molecule is COC1OCC(C)(O)C(O)C1O. The van der Waals surface area contributed by atoms with Gasteiger partial charge in [0.1, 0.15) is 17.8 Å². The summed E-state index contributed by atoms with van der Waals surface area (Å²) in [4.78, 5) is 0. The largest absolute Gasteiger partial charge is 0.387 e. The molecule has 0 saturated carbocycles. The van der Waals surface area contributed by atoms with Crippen molar-refractivity contribution in [1.29, 1.82) is 0 Å². The molecule has 0 aromatic heterocycles. The second-order valence-corrected chi connectivity index (χ2v) is 3.21. The van der Waals surface area contributed by atoms with Crippen LogP contribution in [0.3, 0.4) is 0 Å². The molecule has 0 aromatic carbocycles. The van der Waals surface area contributed by atoms with Crippen molar-refractivity contribution in [1.82, 2.24) is 0 Å². The quantitative estimate of drug-likeness (QED) is 0.453. The van der Waals surface area contributed by atoms with Gasteiger partial charge >= 0.3 is 0 Å². The van der Waals surface area contributed by atoms with Crippen LogP contribution in [0, 0.1) is 0 Å². The highest BCUT2D eigenvalue weighted by atomic mass is 16.7. The zero-order valence-corrected chi connectivity index (χ0v) is 7.10. The maximum atomic E-state index is 9.44. The van der Waals surface area contributed by atoms with E-state index >= 15 is 0 Å². The zero-order chi connectivity index (χ0) is 9.35. The highest BCUT2D eigenvalue weighted by Gasteiger charge is 2.45. The van der Waals surface area contributed by atoms with E-state index in [1.54, 1.807) is 0 Å². The van der Waals surface area contributed by atoms with Gasteiger partial charge in [0.05, 0.1) is 6.61 Å². The Labute approximate surface area is 70.5 Å². The molecule has 1 aliphatic rings. The molecular formula is C7H14O5. The predicted molar refractivity (Wildman–Crippen MR) is 39.4 cm³/mol. The Morgan fingerprint density at radius 2 is 2.08 bits per heavy atom. The van der Waals surface area contributed by atoms with Crippen molar-refractivity contribution in [2.75, 3.05) is 13.7 Å². The van der Waals surface area contributed by atoms with E-state index in [9.17, 15) is 15.3 Å². The van der Waals surface area contributed by atoms with Crippen molar-refractivity contribution < 1.29 is 24.8 Å². The molecular weight excluding hydrogens is 164 g/mol. The van der Waals surface area contributed by atoms with Crippen LogP contribution in [0.5, 0.6) is 0 Å². The topological polar surface area (TPSA) is 79.2 Å². The van der Waals surface area contributed by atoms with E-state index < -0.39 is 24.1 Å². The smallest absolute Gasteiger partial charge is 0.185 e. The number of aliphatic hydroxyl groups is 3. The van der Waals surface area contributed by atoms with Crippen LogP contribution in [0.25, 0.3) is 0 Å². The fourth-order valence-corrected chi connectivity index (χ4v) is 1.16. The zero-order valence-electron chi connectivity index (χ0n) is 7.10. The number of ether oxygens (including phenoxy) is 2. The third-order valence-corrected chi connectivity index (χ3v) is 2.01. The predicted octanol–water partition coefficient (Wildman–Crippen LogP) is -1.54. The van der Waals surface area contributed by atoms with E-state index in [1.165, 1.54) is 14.0 Å². The molecule has 3 N–H and O–H groups in total. The monoisotopic (exact) mass is 178 g/mol. The van der Waals surface area contributed by atoms with Gasteiger partial charge in [-0.05, 0) is 6.92 Å². The average Bonchev–Trinajstić information content (AvgIpc) is 2.01. The standard InChI is InChI=1S/C7H14O5/c1-7(10)3-12-6(11-2)4(8)5(7)9/h4-6,8-10H,3H2,1-2H3. The summed E-state index contributed by atoms with van der Waals surface area (Å²) in [6, 6.07) is 0. The molecule has 1 heterocycles. The van der Waals surface area contributed by atoms with Gasteiger partial charge in [-0.15, -0.1) is 0 Å². The van der Waals surface area contributed by atoms with Gasteiger partial charge in [-0.2, -0.15) is 0 Å². The number of aliphatic hydroxyl groups excluding tert-OH is 2. The summed E-state index contributed by atoms with van der Waals surface area (Å²) in [5.41, 5.74) is -1.41. The molecule has 1 aliphatic heterocycles. The highest BCUT2D eigenvalue weighted by molar-refractivity contribution is 4.92. The van der Waals surface area contributed by atoms with Crippen molar-refractivity contribution in [2.24, 2.45) is 0 Å². The maximum Gasteiger partial charge on any atom is 0.185 e. The lowest BCUT2D eigenvalue weighted by Crippen LogP contribution is -2.60. The Bertz CT molecular complexity index is 158. The Kier molecular flexibility index (Phi) is 2.70. The van der Waals surface area contributed by atoms with Crippen molar-refractivity contribution in [3.8, 4) is 0 Å². The van der Waals surface area contributed by atoms with Gasteiger partial charge in [0, 0.05) is 7.11 Å². The first-order chi connectivity index (χ1) is 5.49. The van der Waals surface area contributed by atoms with Gasteiger partial charge in [-0.3, -0.25) is 0 Å². The normalized spacial score (nSPS) is 49.2. The van der Waals surface area contributed by atoms with E-state index in [4.69, 9.17) is 9.47 Å². The second kappa shape index (κ2) is 3.27. The minimum atomic E-state index is -1.41. The Morgan fingerprint density at radius 3 is 2.58 bits per heavy atom. The molecule has 0 amide bonds. The number of rotatable bonds is 1. The van der Waals surface area contributed by atoms with Gasteiger partial charge in [0.15, 0.2) is 6.29 Å². The molecule has 1 saturated heterocycles. The van der Waals surface area contributed by atoms with E-state index in [-0.39, 0.29) is 6.61 Å². The molecule has 0 spiro atoms. The maximum absolute atomic E-state index is 9.44. The van der Waals surface area contributed by atoms with Gasteiger partial charge in [-0.25, -0.2) is 0 Å². The highest BCUT2D eigenvalue weighted by Crippen LogP contribution is 2.23. The summed E-state index contributed by atoms with van der Waals surface area (Å²) >= 11 is 0. The van der Waals surface area contributed by atoms with Crippen LogP contribution in [0.1, 0.15) is 6.92 Å². The lowest BCUT2D eigenvalue weighted by molar-refractivity contribution is -0.287. The van der Waals surface area contributed by atoms with Crippen LogP contribution < -0.4 is 0 Å². The molecule has 1 fully saturated rings. The van der Waals surface area contributed by atoms with Crippen molar-refractivity contribution in [2.45, 2.75) is 31.0 Å². The summed E-state index contributed by atoms with van der Waals surface area (Å²) in [5, 5.41) is 28.1. The third kappa shape index (κ3) is 1.60. The Morgan fingerprint density at radius 1 is 1.50 bits per heavy atom. The molecule has 0 aromatic rings. The molecule has 12 heavy (non-hydrogen) atoms. The van der Waals surface area contributed by atoms with Crippen LogP contribution in [-0.2, 0) is 9.47 Å². The molecule has 72 valence electrons. The van der Waals surface area contributed by atoms with Gasteiger partial charge in [-0.1, -0.05) is 0 Å². The number of hydrogen-bond donors (Lipinski definition) is 3. The minimum absolute atomic E-state index is 0.0519. The molecule has 0 radical (unpaired) electrons. The lowest BCUT2D eigenvalue weighted by atomic mass is 9.93. The molecule has 5 nitrogen and oxygen atoms in total. The minimum Gasteiger partial charge on any atom is -0.387 e. The fourth-order valence-electron chi connectivity index (χ4n) is 1.16. The summed E-state index contributed by atoms with van der Waals surface area (Å²) in [6.45, 7) is 1.34. The van der Waals surface area contributed by atoms with Crippen LogP contribution in [0.2, 0.25) is 0 Å². The van der Waals surface area contributed by atoms with Crippen molar-refractivity contribution >= 4 is 0 Å². The van der Waals surface area contributed by atoms with E-state index in [2.05, 4.69) is 0 Å². The Balaban J connectivity index is 2.65. The summed E-state index contributed by atoms with van der Waals surface area (Å²) in [7, 11) is 1.36.